The normalized spacial score (nSPS) is 11.9. The number of halogens is 1. The third-order valence-corrected chi connectivity index (χ3v) is 3.30. The van der Waals surface area contributed by atoms with E-state index in [1.807, 2.05) is 30.3 Å². The first kappa shape index (κ1) is 14.5. The van der Waals surface area contributed by atoms with Gasteiger partial charge in [0.2, 0.25) is 0 Å². The van der Waals surface area contributed by atoms with Crippen LogP contribution in [0.3, 0.4) is 0 Å². The van der Waals surface area contributed by atoms with Gasteiger partial charge in [-0.05, 0) is 24.1 Å². The van der Waals surface area contributed by atoms with Gasteiger partial charge in [-0.2, -0.15) is 0 Å². The van der Waals surface area contributed by atoms with Crippen LogP contribution in [0.1, 0.15) is 41.7 Å². The van der Waals surface area contributed by atoms with Crippen LogP contribution in [-0.2, 0) is 0 Å². The molecule has 0 unspecified atom stereocenters. The number of hydrogen-bond acceptors (Lipinski definition) is 2. The van der Waals surface area contributed by atoms with E-state index in [9.17, 15) is 4.79 Å². The quantitative estimate of drug-likeness (QED) is 0.845. The van der Waals surface area contributed by atoms with Crippen LogP contribution in [0.2, 0.25) is 5.15 Å². The number of aromatic nitrogens is 1. The van der Waals surface area contributed by atoms with Gasteiger partial charge in [0, 0.05) is 6.20 Å². The molecule has 2 rings (SSSR count). The molecular weight excluding hydrogens is 272 g/mol. The number of nitrogens with zero attached hydrogens (tertiary/aromatic N) is 1. The molecule has 1 N–H and O–H groups in total. The van der Waals surface area contributed by atoms with Crippen LogP contribution in [0.15, 0.2) is 48.7 Å². The second-order valence-corrected chi connectivity index (χ2v) is 4.98. The van der Waals surface area contributed by atoms with Crippen molar-refractivity contribution in [2.24, 2.45) is 0 Å². The van der Waals surface area contributed by atoms with Gasteiger partial charge in [-0.15, -0.1) is 0 Å². The highest BCUT2D eigenvalue weighted by molar-refractivity contribution is 6.29. The minimum Gasteiger partial charge on any atom is -0.345 e. The van der Waals surface area contributed by atoms with Crippen LogP contribution in [0.5, 0.6) is 0 Å². The van der Waals surface area contributed by atoms with Crippen LogP contribution in [0.4, 0.5) is 0 Å². The predicted octanol–water partition coefficient (Wildman–Crippen LogP) is 4.01. The van der Waals surface area contributed by atoms with E-state index in [1.165, 1.54) is 6.20 Å². The maximum Gasteiger partial charge on any atom is 0.253 e. The van der Waals surface area contributed by atoms with Crippen molar-refractivity contribution in [1.29, 1.82) is 0 Å². The van der Waals surface area contributed by atoms with E-state index in [4.69, 9.17) is 11.6 Å². The molecule has 20 heavy (non-hydrogen) atoms. The molecule has 0 spiro atoms. The number of carbonyl (C=O) groups is 1. The Bertz CT molecular complexity index is 554. The van der Waals surface area contributed by atoms with Crippen LogP contribution in [0, 0.1) is 0 Å². The summed E-state index contributed by atoms with van der Waals surface area (Å²) >= 11 is 5.72. The van der Waals surface area contributed by atoms with Crippen molar-refractivity contribution in [2.45, 2.75) is 25.8 Å². The molecule has 1 aromatic carbocycles. The lowest BCUT2D eigenvalue weighted by Crippen LogP contribution is -2.28. The highest BCUT2D eigenvalue weighted by Crippen LogP contribution is 2.19. The number of carbonyl (C=O) groups excluding carboxylic acids is 1. The van der Waals surface area contributed by atoms with Crippen molar-refractivity contribution in [2.75, 3.05) is 0 Å². The van der Waals surface area contributed by atoms with Gasteiger partial charge >= 0.3 is 0 Å². The van der Waals surface area contributed by atoms with Crippen molar-refractivity contribution in [3.8, 4) is 0 Å². The summed E-state index contributed by atoms with van der Waals surface area (Å²) in [5.74, 6) is -0.128. The average molecular weight is 289 g/mol. The van der Waals surface area contributed by atoms with Crippen LogP contribution < -0.4 is 5.32 Å². The molecule has 1 atom stereocenters. The summed E-state index contributed by atoms with van der Waals surface area (Å²) in [5.41, 5.74) is 1.64. The van der Waals surface area contributed by atoms with Crippen molar-refractivity contribution >= 4 is 17.5 Å². The molecule has 2 aromatic rings. The molecule has 0 aliphatic heterocycles. The third kappa shape index (κ3) is 3.81. The molecule has 1 amide bonds. The zero-order valence-electron chi connectivity index (χ0n) is 11.3. The molecule has 0 fully saturated rings. The molecule has 0 saturated carbocycles. The topological polar surface area (TPSA) is 42.0 Å². The monoisotopic (exact) mass is 288 g/mol. The smallest absolute Gasteiger partial charge is 0.253 e. The van der Waals surface area contributed by atoms with Gasteiger partial charge in [0.15, 0.2) is 0 Å². The van der Waals surface area contributed by atoms with E-state index < -0.39 is 0 Å². The summed E-state index contributed by atoms with van der Waals surface area (Å²) in [6, 6.07) is 13.3. The summed E-state index contributed by atoms with van der Waals surface area (Å²) in [6.45, 7) is 2.10. The molecular formula is C16H17ClN2O. The van der Waals surface area contributed by atoms with E-state index in [2.05, 4.69) is 17.2 Å². The first-order valence-corrected chi connectivity index (χ1v) is 7.06. The highest BCUT2D eigenvalue weighted by atomic mass is 35.5. The Labute approximate surface area is 124 Å². The molecule has 1 aromatic heterocycles. The van der Waals surface area contributed by atoms with E-state index in [1.54, 1.807) is 12.1 Å². The SMILES string of the molecule is CCC[C@@H](NC(=O)c1ccc(Cl)nc1)c1ccccc1. The molecule has 0 aliphatic carbocycles. The van der Waals surface area contributed by atoms with Crippen molar-refractivity contribution in [3.63, 3.8) is 0 Å². The number of amides is 1. The molecule has 1 heterocycles. The fourth-order valence-corrected chi connectivity index (χ4v) is 2.16. The summed E-state index contributed by atoms with van der Waals surface area (Å²) < 4.78 is 0. The Kier molecular flexibility index (Phi) is 5.13. The van der Waals surface area contributed by atoms with E-state index >= 15 is 0 Å². The average Bonchev–Trinajstić information content (AvgIpc) is 2.48. The molecule has 0 aliphatic rings. The minimum atomic E-state index is -0.128. The van der Waals surface area contributed by atoms with Crippen LogP contribution >= 0.6 is 11.6 Å². The standard InChI is InChI=1S/C16H17ClN2O/c1-2-6-14(12-7-4-3-5-8-12)19-16(20)13-9-10-15(17)18-11-13/h3-5,7-11,14H,2,6H2,1H3,(H,19,20)/t14-/m1/s1. The zero-order valence-corrected chi connectivity index (χ0v) is 12.1. The first-order valence-electron chi connectivity index (χ1n) is 6.68. The second-order valence-electron chi connectivity index (χ2n) is 4.60. The summed E-state index contributed by atoms with van der Waals surface area (Å²) in [7, 11) is 0. The second kappa shape index (κ2) is 7.06. The lowest BCUT2D eigenvalue weighted by Gasteiger charge is -2.18. The number of pyridine rings is 1. The highest BCUT2D eigenvalue weighted by Gasteiger charge is 2.14. The summed E-state index contributed by atoms with van der Waals surface area (Å²) in [5, 5.41) is 3.43. The minimum absolute atomic E-state index is 0.0179. The molecule has 0 radical (unpaired) electrons. The Hall–Kier alpha value is -1.87. The van der Waals surface area contributed by atoms with Crippen LogP contribution in [-0.4, -0.2) is 10.9 Å². The fraction of sp³-hybridized carbons (Fsp3) is 0.250. The number of rotatable bonds is 5. The first-order chi connectivity index (χ1) is 9.70. The van der Waals surface area contributed by atoms with Crippen molar-refractivity contribution in [3.05, 3.63) is 64.9 Å². The largest absolute Gasteiger partial charge is 0.345 e. The summed E-state index contributed by atoms with van der Waals surface area (Å²) in [4.78, 5) is 16.2. The fourth-order valence-electron chi connectivity index (χ4n) is 2.05. The van der Waals surface area contributed by atoms with Gasteiger partial charge in [-0.1, -0.05) is 55.3 Å². The van der Waals surface area contributed by atoms with Gasteiger partial charge in [0.25, 0.3) is 5.91 Å². The van der Waals surface area contributed by atoms with Crippen molar-refractivity contribution < 1.29 is 4.79 Å². The third-order valence-electron chi connectivity index (χ3n) is 3.07. The Balaban J connectivity index is 2.12. The maximum atomic E-state index is 12.2. The lowest BCUT2D eigenvalue weighted by molar-refractivity contribution is 0.0934. The van der Waals surface area contributed by atoms with Gasteiger partial charge in [-0.25, -0.2) is 4.98 Å². The summed E-state index contributed by atoms with van der Waals surface area (Å²) in [6.07, 6.45) is 3.39. The lowest BCUT2D eigenvalue weighted by atomic mass is 10.0. The molecule has 3 nitrogen and oxygen atoms in total. The number of nitrogens with one attached hydrogen (secondary N) is 1. The van der Waals surface area contributed by atoms with E-state index in [0.717, 1.165) is 18.4 Å². The van der Waals surface area contributed by atoms with Gasteiger partial charge in [0.1, 0.15) is 5.15 Å². The molecule has 0 bridgehead atoms. The number of hydrogen-bond donors (Lipinski definition) is 1. The Morgan fingerprint density at radius 3 is 2.60 bits per heavy atom. The van der Waals surface area contributed by atoms with Gasteiger partial charge in [0.05, 0.1) is 11.6 Å². The zero-order chi connectivity index (χ0) is 14.4. The molecule has 4 heteroatoms. The van der Waals surface area contributed by atoms with Crippen molar-refractivity contribution in [1.82, 2.24) is 10.3 Å². The van der Waals surface area contributed by atoms with Gasteiger partial charge in [-0.3, -0.25) is 4.79 Å². The maximum absolute atomic E-state index is 12.2. The predicted molar refractivity (Wildman–Crippen MR) is 80.8 cm³/mol. The van der Waals surface area contributed by atoms with Gasteiger partial charge < -0.3 is 5.32 Å². The van der Waals surface area contributed by atoms with E-state index in [0.29, 0.717) is 10.7 Å². The number of benzene rings is 1. The van der Waals surface area contributed by atoms with Crippen LogP contribution in [0.25, 0.3) is 0 Å². The van der Waals surface area contributed by atoms with E-state index in [-0.39, 0.29) is 11.9 Å². The molecule has 0 saturated heterocycles. The molecule has 104 valence electrons. The Morgan fingerprint density at radius 2 is 2.00 bits per heavy atom. The Morgan fingerprint density at radius 1 is 1.25 bits per heavy atom.